The van der Waals surface area contributed by atoms with Crippen LogP contribution >= 0.6 is 49.6 Å². The van der Waals surface area contributed by atoms with E-state index in [2.05, 4.69) is 21.3 Å². The number of hydrogen-bond acceptors (Lipinski definition) is 11. The first kappa shape index (κ1) is 50.0. The SMILES string of the molecule is Cl.Cl.Cl.Cl.NCCC[C@@H]1NC(=O)[C@@H](N)Cc2cc(ccc2O)-c2ccc(O)c(c2)C[C@@H](C(=O)NCCC[C@H](N)C(=O)N[C@H](CO)CCN)NC1=O. The van der Waals surface area contributed by atoms with Gasteiger partial charge in [0.2, 0.25) is 23.6 Å². The Morgan fingerprint density at radius 1 is 0.843 bits per heavy atom. The second kappa shape index (κ2) is 25.0. The molecule has 1 aliphatic heterocycles. The number of aliphatic hydroxyl groups excluding tert-OH is 1. The van der Waals surface area contributed by atoms with Crippen molar-refractivity contribution in [1.29, 1.82) is 0 Å². The van der Waals surface area contributed by atoms with Crippen molar-refractivity contribution >= 4 is 73.3 Å². The molecular formula is C32H52Cl4N8O7. The smallest absolute Gasteiger partial charge is 0.243 e. The van der Waals surface area contributed by atoms with Gasteiger partial charge in [0, 0.05) is 19.4 Å². The number of carbonyl (C=O) groups is 4. The highest BCUT2D eigenvalue weighted by Crippen LogP contribution is 2.31. The van der Waals surface area contributed by atoms with Crippen LogP contribution < -0.4 is 44.2 Å². The molecule has 0 spiro atoms. The number of amides is 4. The van der Waals surface area contributed by atoms with Gasteiger partial charge in [-0.3, -0.25) is 19.2 Å². The molecule has 0 aliphatic carbocycles. The number of halogens is 4. The van der Waals surface area contributed by atoms with E-state index >= 15 is 0 Å². The molecule has 0 fully saturated rings. The van der Waals surface area contributed by atoms with Crippen molar-refractivity contribution in [1.82, 2.24) is 21.3 Å². The minimum absolute atomic E-state index is 0. The van der Waals surface area contributed by atoms with E-state index in [1.807, 2.05) is 0 Å². The average Bonchev–Trinajstić information content (AvgIpc) is 3.05. The molecule has 2 aromatic rings. The van der Waals surface area contributed by atoms with Crippen LogP contribution in [-0.4, -0.2) is 95.4 Å². The van der Waals surface area contributed by atoms with E-state index in [9.17, 15) is 34.5 Å². The summed E-state index contributed by atoms with van der Waals surface area (Å²) in [6.07, 6.45) is 1.44. The van der Waals surface area contributed by atoms with E-state index in [-0.39, 0.29) is 113 Å². The van der Waals surface area contributed by atoms with Gasteiger partial charge in [-0.25, -0.2) is 0 Å². The van der Waals surface area contributed by atoms with Crippen LogP contribution in [0.3, 0.4) is 0 Å². The molecule has 19 heteroatoms. The Kier molecular flexibility index (Phi) is 24.5. The summed E-state index contributed by atoms with van der Waals surface area (Å²) in [5.74, 6) is -2.39. The summed E-state index contributed by atoms with van der Waals surface area (Å²) in [6, 6.07) is 5.03. The van der Waals surface area contributed by atoms with Gasteiger partial charge < -0.3 is 59.5 Å². The lowest BCUT2D eigenvalue weighted by Gasteiger charge is -2.24. The third-order valence-electron chi connectivity index (χ3n) is 8.07. The minimum atomic E-state index is -1.16. The Labute approximate surface area is 322 Å². The number of benzene rings is 2. The molecule has 15 nitrogen and oxygen atoms in total. The summed E-state index contributed by atoms with van der Waals surface area (Å²) in [4.78, 5) is 52.5. The van der Waals surface area contributed by atoms with Crippen LogP contribution in [0.1, 0.15) is 43.2 Å². The highest BCUT2D eigenvalue weighted by atomic mass is 35.5. The van der Waals surface area contributed by atoms with E-state index in [1.165, 1.54) is 12.1 Å². The lowest BCUT2D eigenvalue weighted by Crippen LogP contribution is -2.56. The van der Waals surface area contributed by atoms with Crippen LogP contribution in [0, 0.1) is 0 Å². The molecule has 1 heterocycles. The summed E-state index contributed by atoms with van der Waals surface area (Å²) in [7, 11) is 0. The average molecular weight is 803 g/mol. The molecule has 0 saturated carbocycles. The monoisotopic (exact) mass is 800 g/mol. The number of phenolic OH excluding ortho intramolecular Hbond substituents is 2. The third kappa shape index (κ3) is 15.2. The second-order valence-electron chi connectivity index (χ2n) is 11.8. The van der Waals surface area contributed by atoms with E-state index in [4.69, 9.17) is 22.9 Å². The Morgan fingerprint density at radius 2 is 1.43 bits per heavy atom. The van der Waals surface area contributed by atoms with Crippen LogP contribution in [0.4, 0.5) is 0 Å². The highest BCUT2D eigenvalue weighted by molar-refractivity contribution is 5.93. The molecule has 0 unspecified atom stereocenters. The number of nitrogens with one attached hydrogen (secondary N) is 4. The number of fused-ring (bicyclic) bond motifs is 5. The largest absolute Gasteiger partial charge is 0.508 e. The molecule has 2 aromatic carbocycles. The lowest BCUT2D eigenvalue weighted by atomic mass is 9.95. The van der Waals surface area contributed by atoms with Gasteiger partial charge in [0.05, 0.1) is 24.7 Å². The fourth-order valence-corrected chi connectivity index (χ4v) is 5.26. The van der Waals surface area contributed by atoms with E-state index in [0.29, 0.717) is 41.5 Å². The van der Waals surface area contributed by atoms with E-state index in [0.717, 1.165) is 0 Å². The summed E-state index contributed by atoms with van der Waals surface area (Å²) in [6.45, 7) is 0.405. The van der Waals surface area contributed by atoms with Crippen LogP contribution in [0.25, 0.3) is 11.1 Å². The number of carbonyl (C=O) groups excluding carboxylic acids is 4. The maximum Gasteiger partial charge on any atom is 0.243 e. The molecule has 5 atom stereocenters. The zero-order chi connectivity index (χ0) is 34.5. The molecule has 51 heavy (non-hydrogen) atoms. The Hall–Kier alpha value is -3.12. The number of nitrogens with two attached hydrogens (primary N) is 4. The van der Waals surface area contributed by atoms with Gasteiger partial charge in [0.15, 0.2) is 0 Å². The van der Waals surface area contributed by atoms with E-state index in [1.54, 1.807) is 24.3 Å². The van der Waals surface area contributed by atoms with Crippen LogP contribution in [0.15, 0.2) is 36.4 Å². The topological polar surface area (TPSA) is 281 Å². The Bertz CT molecular complexity index is 1410. The van der Waals surface area contributed by atoms with Gasteiger partial charge in [0.25, 0.3) is 0 Å². The normalized spacial score (nSPS) is 18.2. The first-order valence-corrected chi connectivity index (χ1v) is 15.8. The fraction of sp³-hybridized carbons (Fsp3) is 0.500. The molecule has 1 aliphatic rings. The standard InChI is InChI=1S/C32H48N8O7.4ClH/c33-10-1-4-25-32(47)40-26(31(46)37-12-2-3-23(35)29(44)38-22(17-41)9-11-34)16-21-14-19(6-8-28(21)43)18-5-7-27(42)20(13-18)15-24(36)30(45)39-25;;;;/h5-8,13-14,22-26,41-43H,1-4,9-12,15-17,33-36H2,(H,37,46)(H,38,44)(H,39,45)(H,40,47);4*1H/t22-,23-,24-,25-,26-;;;;/m0..../s1. The first-order chi connectivity index (χ1) is 22.5. The lowest BCUT2D eigenvalue weighted by molar-refractivity contribution is -0.132. The molecule has 0 aromatic heterocycles. The third-order valence-corrected chi connectivity index (χ3v) is 8.07. The van der Waals surface area contributed by atoms with Crippen LogP contribution in [-0.2, 0) is 32.0 Å². The Morgan fingerprint density at radius 3 is 1.98 bits per heavy atom. The molecule has 15 N–H and O–H groups in total. The van der Waals surface area contributed by atoms with Crippen molar-refractivity contribution in [2.45, 2.75) is 75.2 Å². The number of rotatable bonds is 13. The van der Waals surface area contributed by atoms with E-state index < -0.39 is 53.8 Å². The van der Waals surface area contributed by atoms with Crippen molar-refractivity contribution in [2.75, 3.05) is 26.2 Å². The zero-order valence-corrected chi connectivity index (χ0v) is 31.3. The Balaban J connectivity index is 0. The molecule has 4 amide bonds. The quantitative estimate of drug-likeness (QED) is 0.116. The second-order valence-corrected chi connectivity index (χ2v) is 11.8. The van der Waals surface area contributed by atoms with Gasteiger partial charge >= 0.3 is 0 Å². The van der Waals surface area contributed by atoms with Gasteiger partial charge in [0.1, 0.15) is 23.6 Å². The predicted octanol–water partition coefficient (Wildman–Crippen LogP) is -0.364. The summed E-state index contributed by atoms with van der Waals surface area (Å²) in [5.41, 5.74) is 25.5. The van der Waals surface area contributed by atoms with Crippen LogP contribution in [0.5, 0.6) is 11.5 Å². The number of hydrogen-bond donors (Lipinski definition) is 11. The highest BCUT2D eigenvalue weighted by Gasteiger charge is 2.29. The van der Waals surface area contributed by atoms with Crippen molar-refractivity contribution < 1.29 is 34.5 Å². The van der Waals surface area contributed by atoms with Gasteiger partial charge in [-0.2, -0.15) is 0 Å². The van der Waals surface area contributed by atoms with Crippen molar-refractivity contribution in [3.8, 4) is 22.6 Å². The number of phenols is 2. The van der Waals surface area contributed by atoms with Crippen molar-refractivity contribution in [2.24, 2.45) is 22.9 Å². The van der Waals surface area contributed by atoms with Crippen LogP contribution in [0.2, 0.25) is 0 Å². The zero-order valence-electron chi connectivity index (χ0n) is 28.0. The van der Waals surface area contributed by atoms with Gasteiger partial charge in [-0.15, -0.1) is 49.6 Å². The molecule has 0 radical (unpaired) electrons. The van der Waals surface area contributed by atoms with Gasteiger partial charge in [-0.05, 0) is 91.7 Å². The summed E-state index contributed by atoms with van der Waals surface area (Å²) < 4.78 is 0. The maximum absolute atomic E-state index is 13.5. The van der Waals surface area contributed by atoms with Crippen molar-refractivity contribution in [3.63, 3.8) is 0 Å². The number of aromatic hydroxyl groups is 2. The molecule has 290 valence electrons. The molecule has 0 saturated heterocycles. The maximum atomic E-state index is 13.5. The predicted molar refractivity (Wildman–Crippen MR) is 205 cm³/mol. The number of aliphatic hydroxyl groups is 1. The summed E-state index contributed by atoms with van der Waals surface area (Å²) in [5, 5.41) is 41.4. The minimum Gasteiger partial charge on any atom is -0.508 e. The first-order valence-electron chi connectivity index (χ1n) is 15.8. The summed E-state index contributed by atoms with van der Waals surface area (Å²) >= 11 is 0. The molecule has 3 rings (SSSR count). The van der Waals surface area contributed by atoms with Gasteiger partial charge in [-0.1, -0.05) is 12.1 Å². The molecular weight excluding hydrogens is 750 g/mol. The fourth-order valence-electron chi connectivity index (χ4n) is 5.26. The van der Waals surface area contributed by atoms with Crippen molar-refractivity contribution in [3.05, 3.63) is 47.5 Å². The molecule has 4 bridgehead atoms.